The first-order valence-electron chi connectivity index (χ1n) is 7.09. The number of hydrogen-bond acceptors (Lipinski definition) is 5. The van der Waals surface area contributed by atoms with E-state index in [4.69, 9.17) is 17.3 Å². The van der Waals surface area contributed by atoms with Crippen molar-refractivity contribution in [2.45, 2.75) is 13.1 Å². The molecule has 0 radical (unpaired) electrons. The Kier molecular flexibility index (Phi) is 6.47. The molecule has 22 heavy (non-hydrogen) atoms. The van der Waals surface area contributed by atoms with Crippen molar-refractivity contribution in [3.05, 3.63) is 45.9 Å². The number of anilines is 1. The minimum atomic E-state index is 0. The number of piperazine rings is 1. The quantitative estimate of drug-likeness (QED) is 0.911. The van der Waals surface area contributed by atoms with E-state index >= 15 is 0 Å². The topological polar surface area (TPSA) is 45.4 Å². The zero-order chi connectivity index (χ0) is 14.7. The van der Waals surface area contributed by atoms with Crippen molar-refractivity contribution in [1.29, 1.82) is 0 Å². The van der Waals surface area contributed by atoms with Gasteiger partial charge in [-0.2, -0.15) is 0 Å². The summed E-state index contributed by atoms with van der Waals surface area (Å²) in [6.45, 7) is 6.17. The zero-order valence-electron chi connectivity index (χ0n) is 12.2. The van der Waals surface area contributed by atoms with Crippen LogP contribution in [-0.4, -0.2) is 41.0 Å². The standard InChI is InChI=1S/C15H19ClN4S.ClH/c16-14-4-2-1-3-12(14)10-19-5-7-20(8-6-19)11-13-9-18-15(17)21-13;/h1-4,9H,5-8,10-11H2,(H2,17,18);1H. The molecule has 1 saturated heterocycles. The van der Waals surface area contributed by atoms with Crippen molar-refractivity contribution in [3.8, 4) is 0 Å². The van der Waals surface area contributed by atoms with Crippen LogP contribution in [0, 0.1) is 0 Å². The molecule has 120 valence electrons. The molecule has 4 nitrogen and oxygen atoms in total. The van der Waals surface area contributed by atoms with Gasteiger partial charge in [-0.3, -0.25) is 9.80 Å². The van der Waals surface area contributed by atoms with E-state index in [0.29, 0.717) is 5.13 Å². The summed E-state index contributed by atoms with van der Waals surface area (Å²) < 4.78 is 0. The Morgan fingerprint density at radius 3 is 2.32 bits per heavy atom. The SMILES string of the molecule is Cl.Nc1ncc(CN2CCN(Cc3ccccc3Cl)CC2)s1. The van der Waals surface area contributed by atoms with Crippen LogP contribution in [0.25, 0.3) is 0 Å². The summed E-state index contributed by atoms with van der Waals surface area (Å²) in [7, 11) is 0. The first-order valence-corrected chi connectivity index (χ1v) is 8.28. The van der Waals surface area contributed by atoms with E-state index in [1.807, 2.05) is 24.4 Å². The highest BCUT2D eigenvalue weighted by Gasteiger charge is 2.18. The second kappa shape index (κ2) is 8.13. The van der Waals surface area contributed by atoms with Gasteiger partial charge in [-0.25, -0.2) is 4.98 Å². The molecule has 0 atom stereocenters. The lowest BCUT2D eigenvalue weighted by molar-refractivity contribution is 0.123. The molecule has 1 fully saturated rings. The number of nitrogens with two attached hydrogens (primary N) is 1. The first-order chi connectivity index (χ1) is 10.2. The molecule has 1 aliphatic rings. The predicted molar refractivity (Wildman–Crippen MR) is 95.8 cm³/mol. The molecule has 3 rings (SSSR count). The van der Waals surface area contributed by atoms with Crippen molar-refractivity contribution in [3.63, 3.8) is 0 Å². The molecule has 1 aliphatic heterocycles. The smallest absolute Gasteiger partial charge is 0.180 e. The number of hydrogen-bond donors (Lipinski definition) is 1. The van der Waals surface area contributed by atoms with E-state index in [1.165, 1.54) is 10.4 Å². The second-order valence-corrected chi connectivity index (χ2v) is 6.86. The lowest BCUT2D eigenvalue weighted by atomic mass is 10.2. The van der Waals surface area contributed by atoms with E-state index < -0.39 is 0 Å². The minimum Gasteiger partial charge on any atom is -0.375 e. The first kappa shape index (κ1) is 17.5. The summed E-state index contributed by atoms with van der Waals surface area (Å²) in [5.41, 5.74) is 6.88. The van der Waals surface area contributed by atoms with Crippen molar-refractivity contribution < 1.29 is 0 Å². The average molecular weight is 359 g/mol. The highest BCUT2D eigenvalue weighted by atomic mass is 35.5. The van der Waals surface area contributed by atoms with Gasteiger partial charge in [0.15, 0.2) is 5.13 Å². The fourth-order valence-electron chi connectivity index (χ4n) is 2.59. The minimum absolute atomic E-state index is 0. The monoisotopic (exact) mass is 358 g/mol. The molecule has 0 aliphatic carbocycles. The molecule has 0 saturated carbocycles. The third-order valence-electron chi connectivity index (χ3n) is 3.77. The lowest BCUT2D eigenvalue weighted by Gasteiger charge is -2.34. The second-order valence-electron chi connectivity index (χ2n) is 5.31. The molecule has 0 spiro atoms. The largest absolute Gasteiger partial charge is 0.375 e. The summed E-state index contributed by atoms with van der Waals surface area (Å²) in [5.74, 6) is 0. The number of rotatable bonds is 4. The fourth-order valence-corrected chi connectivity index (χ4v) is 3.51. The number of halogens is 2. The van der Waals surface area contributed by atoms with Crippen molar-refractivity contribution in [2.75, 3.05) is 31.9 Å². The van der Waals surface area contributed by atoms with Gasteiger partial charge >= 0.3 is 0 Å². The maximum Gasteiger partial charge on any atom is 0.180 e. The van der Waals surface area contributed by atoms with E-state index in [0.717, 1.165) is 44.3 Å². The van der Waals surface area contributed by atoms with Crippen molar-refractivity contribution >= 4 is 40.5 Å². The Balaban J connectivity index is 0.00000176. The Bertz CT molecular complexity index is 597. The molecule has 1 aromatic heterocycles. The van der Waals surface area contributed by atoms with Gasteiger partial charge < -0.3 is 5.73 Å². The number of aromatic nitrogens is 1. The number of nitrogen functional groups attached to an aromatic ring is 1. The van der Waals surface area contributed by atoms with Gasteiger partial charge in [0, 0.05) is 55.4 Å². The summed E-state index contributed by atoms with van der Waals surface area (Å²) >= 11 is 7.81. The molecular formula is C15H20Cl2N4S. The maximum absolute atomic E-state index is 6.23. The van der Waals surface area contributed by atoms with Crippen LogP contribution in [0.1, 0.15) is 10.4 Å². The molecule has 1 aromatic carbocycles. The van der Waals surface area contributed by atoms with Crippen LogP contribution in [0.4, 0.5) is 5.13 Å². The number of thiazole rings is 1. The van der Waals surface area contributed by atoms with Crippen LogP contribution in [0.15, 0.2) is 30.5 Å². The highest BCUT2D eigenvalue weighted by Crippen LogP contribution is 2.20. The average Bonchev–Trinajstić information content (AvgIpc) is 2.89. The summed E-state index contributed by atoms with van der Waals surface area (Å²) in [6.07, 6.45) is 1.89. The molecule has 2 N–H and O–H groups in total. The maximum atomic E-state index is 6.23. The Morgan fingerprint density at radius 2 is 1.73 bits per heavy atom. The highest BCUT2D eigenvalue weighted by molar-refractivity contribution is 7.15. The molecule has 2 aromatic rings. The van der Waals surface area contributed by atoms with Gasteiger partial charge in [0.05, 0.1) is 0 Å². The van der Waals surface area contributed by atoms with E-state index in [2.05, 4.69) is 20.9 Å². The lowest BCUT2D eigenvalue weighted by Crippen LogP contribution is -2.45. The Morgan fingerprint density at radius 1 is 1.09 bits per heavy atom. The Hall–Kier alpha value is -0.850. The van der Waals surface area contributed by atoms with Crippen molar-refractivity contribution in [2.24, 2.45) is 0 Å². The van der Waals surface area contributed by atoms with Crippen LogP contribution in [0.3, 0.4) is 0 Å². The normalized spacial score (nSPS) is 16.4. The van der Waals surface area contributed by atoms with Crippen LogP contribution < -0.4 is 5.73 Å². The fraction of sp³-hybridized carbons (Fsp3) is 0.400. The molecule has 0 unspecified atom stereocenters. The van der Waals surface area contributed by atoms with E-state index in [9.17, 15) is 0 Å². The zero-order valence-corrected chi connectivity index (χ0v) is 14.6. The van der Waals surface area contributed by atoms with Gasteiger partial charge in [0.25, 0.3) is 0 Å². The van der Waals surface area contributed by atoms with Gasteiger partial charge in [-0.15, -0.1) is 23.7 Å². The molecule has 2 heterocycles. The third-order valence-corrected chi connectivity index (χ3v) is 4.95. The van der Waals surface area contributed by atoms with Crippen LogP contribution in [0.5, 0.6) is 0 Å². The van der Waals surface area contributed by atoms with Crippen LogP contribution >= 0.6 is 35.3 Å². The van der Waals surface area contributed by atoms with E-state index in [-0.39, 0.29) is 12.4 Å². The van der Waals surface area contributed by atoms with Gasteiger partial charge in [-0.05, 0) is 11.6 Å². The summed E-state index contributed by atoms with van der Waals surface area (Å²) in [6, 6.07) is 8.09. The van der Waals surface area contributed by atoms with Gasteiger partial charge in [-0.1, -0.05) is 29.8 Å². The molecule has 7 heteroatoms. The van der Waals surface area contributed by atoms with Gasteiger partial charge in [0.1, 0.15) is 0 Å². The molecular weight excluding hydrogens is 339 g/mol. The molecule has 0 bridgehead atoms. The summed E-state index contributed by atoms with van der Waals surface area (Å²) in [4.78, 5) is 10.3. The molecule has 0 amide bonds. The van der Waals surface area contributed by atoms with Gasteiger partial charge in [0.2, 0.25) is 0 Å². The van der Waals surface area contributed by atoms with Crippen LogP contribution in [0.2, 0.25) is 5.02 Å². The van der Waals surface area contributed by atoms with E-state index in [1.54, 1.807) is 11.3 Å². The summed E-state index contributed by atoms with van der Waals surface area (Å²) in [5, 5.41) is 1.52. The van der Waals surface area contributed by atoms with Crippen molar-refractivity contribution in [1.82, 2.24) is 14.8 Å². The Labute approximate surface area is 146 Å². The third kappa shape index (κ3) is 4.57. The van der Waals surface area contributed by atoms with Crippen LogP contribution in [-0.2, 0) is 13.1 Å². The number of benzene rings is 1. The number of nitrogens with zero attached hydrogens (tertiary/aromatic N) is 3. The predicted octanol–water partition coefficient (Wildman–Crippen LogP) is 3.12.